The maximum atomic E-state index is 12.0. The second kappa shape index (κ2) is 3.12. The Kier molecular flexibility index (Phi) is 2.40. The van der Waals surface area contributed by atoms with Gasteiger partial charge >= 0.3 is 15.5 Å². The Bertz CT molecular complexity index is 488. The van der Waals surface area contributed by atoms with E-state index in [0.29, 0.717) is 6.20 Å². The van der Waals surface area contributed by atoms with Gasteiger partial charge in [-0.1, -0.05) is 6.07 Å². The molecule has 0 aliphatic carbocycles. The molecule has 0 aliphatic heterocycles. The highest BCUT2D eigenvalue weighted by Gasteiger charge is 2.47. The minimum atomic E-state index is -5.60. The van der Waals surface area contributed by atoms with E-state index in [4.69, 9.17) is 0 Å². The van der Waals surface area contributed by atoms with Crippen molar-refractivity contribution >= 4 is 10.0 Å². The van der Waals surface area contributed by atoms with Crippen LogP contribution in [0.1, 0.15) is 0 Å². The minimum absolute atomic E-state index is 0.354. The molecule has 0 saturated heterocycles. The molecular formula is C6H4F3NO3S. The second-order valence-corrected chi connectivity index (χ2v) is 4.09. The molecule has 0 N–H and O–H groups in total. The number of hydrogen-bond donors (Lipinski definition) is 0. The van der Waals surface area contributed by atoms with Crippen molar-refractivity contribution in [3.8, 4) is 0 Å². The Hall–Kier alpha value is -1.31. The molecule has 8 heteroatoms. The van der Waals surface area contributed by atoms with Crippen LogP contribution in [-0.2, 0) is 10.0 Å². The van der Waals surface area contributed by atoms with Gasteiger partial charge in [-0.3, -0.25) is 4.79 Å². The summed E-state index contributed by atoms with van der Waals surface area (Å²) in [5, 5.41) is 0. The summed E-state index contributed by atoms with van der Waals surface area (Å²) in [6, 6.07) is 2.89. The van der Waals surface area contributed by atoms with Crippen molar-refractivity contribution < 1.29 is 21.6 Å². The van der Waals surface area contributed by atoms with Crippen LogP contribution in [0.15, 0.2) is 29.2 Å². The van der Waals surface area contributed by atoms with Gasteiger partial charge in [0.2, 0.25) is 0 Å². The summed E-state index contributed by atoms with van der Waals surface area (Å²) in [5.41, 5.74) is -6.72. The predicted octanol–water partition coefficient (Wildman–Crippen LogP) is 0.546. The van der Waals surface area contributed by atoms with Crippen molar-refractivity contribution in [1.29, 1.82) is 0 Å². The van der Waals surface area contributed by atoms with E-state index in [2.05, 4.69) is 0 Å². The first-order valence-electron chi connectivity index (χ1n) is 3.26. The average molecular weight is 227 g/mol. The average Bonchev–Trinajstić information content (AvgIpc) is 2.02. The van der Waals surface area contributed by atoms with Crippen LogP contribution in [0, 0.1) is 0 Å². The molecule has 4 nitrogen and oxygen atoms in total. The van der Waals surface area contributed by atoms with E-state index in [1.807, 2.05) is 0 Å². The molecule has 0 bridgehead atoms. The summed E-state index contributed by atoms with van der Waals surface area (Å²) in [7, 11) is -5.60. The monoisotopic (exact) mass is 227 g/mol. The van der Waals surface area contributed by atoms with Crippen molar-refractivity contribution in [3.05, 3.63) is 34.7 Å². The number of hydrogen-bond acceptors (Lipinski definition) is 3. The van der Waals surface area contributed by atoms with Gasteiger partial charge < -0.3 is 0 Å². The maximum Gasteiger partial charge on any atom is 0.517 e. The molecule has 0 aliphatic rings. The van der Waals surface area contributed by atoms with Crippen molar-refractivity contribution in [1.82, 2.24) is 3.97 Å². The summed E-state index contributed by atoms with van der Waals surface area (Å²) < 4.78 is 56.9. The Balaban J connectivity index is 3.48. The maximum absolute atomic E-state index is 12.0. The fraction of sp³-hybridized carbons (Fsp3) is 0.167. The number of halogens is 3. The van der Waals surface area contributed by atoms with E-state index in [1.54, 1.807) is 0 Å². The van der Waals surface area contributed by atoms with Crippen LogP contribution in [0.4, 0.5) is 13.2 Å². The van der Waals surface area contributed by atoms with Gasteiger partial charge in [0.05, 0.1) is 0 Å². The lowest BCUT2D eigenvalue weighted by atomic mass is 10.5. The Morgan fingerprint density at radius 3 is 2.21 bits per heavy atom. The highest BCUT2D eigenvalue weighted by Crippen LogP contribution is 2.23. The van der Waals surface area contributed by atoms with Gasteiger partial charge in [0, 0.05) is 12.3 Å². The first-order chi connectivity index (χ1) is 6.27. The molecule has 0 atom stereocenters. The van der Waals surface area contributed by atoms with E-state index in [-0.39, 0.29) is 3.97 Å². The topological polar surface area (TPSA) is 56.1 Å². The van der Waals surface area contributed by atoms with Crippen LogP contribution in [0.2, 0.25) is 0 Å². The van der Waals surface area contributed by atoms with Gasteiger partial charge in [-0.25, -0.2) is 3.97 Å². The Labute approximate surface area is 76.6 Å². The summed E-state index contributed by atoms with van der Waals surface area (Å²) >= 11 is 0. The van der Waals surface area contributed by atoms with Crippen LogP contribution in [-0.4, -0.2) is 17.9 Å². The van der Waals surface area contributed by atoms with Crippen molar-refractivity contribution in [3.63, 3.8) is 0 Å². The second-order valence-electron chi connectivity index (χ2n) is 2.29. The van der Waals surface area contributed by atoms with Crippen LogP contribution in [0.25, 0.3) is 0 Å². The standard InChI is InChI=1S/C6H4F3NO3S/c7-6(8,9)14(12,13)10-4-2-1-3-5(10)11/h1-4H. The van der Waals surface area contributed by atoms with E-state index in [0.717, 1.165) is 18.2 Å². The summed E-state index contributed by atoms with van der Waals surface area (Å²) in [6.07, 6.45) is 0.547. The molecule has 1 heterocycles. The highest BCUT2D eigenvalue weighted by atomic mass is 32.2. The van der Waals surface area contributed by atoms with Crippen LogP contribution >= 0.6 is 0 Å². The first-order valence-corrected chi connectivity index (χ1v) is 4.70. The zero-order chi connectivity index (χ0) is 11.0. The molecule has 0 saturated carbocycles. The predicted molar refractivity (Wildman–Crippen MR) is 41.1 cm³/mol. The summed E-state index contributed by atoms with van der Waals surface area (Å²) in [5.74, 6) is 0. The molecule has 0 fully saturated rings. The number of aromatic nitrogens is 1. The third-order valence-corrected chi connectivity index (χ3v) is 2.74. The normalized spacial score (nSPS) is 12.8. The van der Waals surface area contributed by atoms with Gasteiger partial charge in [-0.2, -0.15) is 21.6 Å². The third kappa shape index (κ3) is 1.65. The third-order valence-electron chi connectivity index (χ3n) is 1.34. The van der Waals surface area contributed by atoms with Crippen LogP contribution < -0.4 is 5.56 Å². The molecule has 0 aromatic carbocycles. The Morgan fingerprint density at radius 1 is 1.21 bits per heavy atom. The molecule has 78 valence electrons. The minimum Gasteiger partial charge on any atom is -0.268 e. The molecule has 0 amide bonds. The van der Waals surface area contributed by atoms with E-state index < -0.39 is 21.1 Å². The molecule has 0 spiro atoms. The molecule has 14 heavy (non-hydrogen) atoms. The lowest BCUT2D eigenvalue weighted by molar-refractivity contribution is -0.0447. The van der Waals surface area contributed by atoms with Crippen molar-refractivity contribution in [2.75, 3.05) is 0 Å². The molecular weight excluding hydrogens is 223 g/mol. The summed E-state index contributed by atoms with van der Waals surface area (Å²) in [4.78, 5) is 10.8. The lowest BCUT2D eigenvalue weighted by Crippen LogP contribution is -2.36. The van der Waals surface area contributed by atoms with Crippen molar-refractivity contribution in [2.45, 2.75) is 5.51 Å². The number of nitrogens with zero attached hydrogens (tertiary/aromatic N) is 1. The summed E-state index contributed by atoms with van der Waals surface area (Å²) in [6.45, 7) is 0. The molecule has 0 radical (unpaired) electrons. The quantitative estimate of drug-likeness (QED) is 0.703. The molecule has 0 unspecified atom stereocenters. The van der Waals surface area contributed by atoms with E-state index >= 15 is 0 Å². The Morgan fingerprint density at radius 2 is 1.79 bits per heavy atom. The largest absolute Gasteiger partial charge is 0.517 e. The first kappa shape index (κ1) is 10.8. The van der Waals surface area contributed by atoms with E-state index in [1.165, 1.54) is 0 Å². The zero-order valence-electron chi connectivity index (χ0n) is 6.52. The highest BCUT2D eigenvalue weighted by molar-refractivity contribution is 7.90. The zero-order valence-corrected chi connectivity index (χ0v) is 7.34. The van der Waals surface area contributed by atoms with E-state index in [9.17, 15) is 26.4 Å². The molecule has 1 aromatic rings. The van der Waals surface area contributed by atoms with Gasteiger partial charge in [0.25, 0.3) is 5.56 Å². The van der Waals surface area contributed by atoms with Gasteiger partial charge in [-0.05, 0) is 6.07 Å². The number of alkyl halides is 3. The van der Waals surface area contributed by atoms with Crippen LogP contribution in [0.5, 0.6) is 0 Å². The fourth-order valence-corrected chi connectivity index (χ4v) is 1.47. The number of rotatable bonds is 1. The smallest absolute Gasteiger partial charge is 0.268 e. The van der Waals surface area contributed by atoms with Gasteiger partial charge in [0.1, 0.15) is 0 Å². The molecule has 1 rings (SSSR count). The van der Waals surface area contributed by atoms with Gasteiger partial charge in [0.15, 0.2) is 0 Å². The van der Waals surface area contributed by atoms with Crippen LogP contribution in [0.3, 0.4) is 0 Å². The van der Waals surface area contributed by atoms with Gasteiger partial charge in [-0.15, -0.1) is 0 Å². The fourth-order valence-electron chi connectivity index (χ4n) is 0.723. The molecule has 1 aromatic heterocycles. The number of pyridine rings is 1. The SMILES string of the molecule is O=c1ccccn1S(=O)(=O)C(F)(F)F. The lowest BCUT2D eigenvalue weighted by Gasteiger charge is -2.08. The van der Waals surface area contributed by atoms with Crippen molar-refractivity contribution in [2.24, 2.45) is 0 Å².